The van der Waals surface area contributed by atoms with Gasteiger partial charge in [0.05, 0.1) is 50.2 Å². The first-order valence-electron chi connectivity index (χ1n) is 19.0. The van der Waals surface area contributed by atoms with Crippen molar-refractivity contribution in [3.05, 3.63) is 66.0 Å². The summed E-state index contributed by atoms with van der Waals surface area (Å²) in [7, 11) is 3.02. The van der Waals surface area contributed by atoms with E-state index in [1.165, 1.54) is 13.2 Å². The second-order valence-electron chi connectivity index (χ2n) is 14.8. The van der Waals surface area contributed by atoms with Gasteiger partial charge in [0, 0.05) is 41.2 Å². The summed E-state index contributed by atoms with van der Waals surface area (Å²) >= 11 is 0. The minimum Gasteiger partial charge on any atom is -0.504 e. The summed E-state index contributed by atoms with van der Waals surface area (Å²) in [6.45, 7) is 2.60. The number of hydrogen-bond donors (Lipinski definition) is 4. The molecule has 5 aromatic carbocycles. The van der Waals surface area contributed by atoms with E-state index in [1.54, 1.807) is 13.2 Å². The van der Waals surface area contributed by atoms with Gasteiger partial charge >= 0.3 is 5.97 Å². The summed E-state index contributed by atoms with van der Waals surface area (Å²) < 4.78 is 21.1. The first-order valence-corrected chi connectivity index (χ1v) is 19.0. The average molecular weight is 754 g/mol. The summed E-state index contributed by atoms with van der Waals surface area (Å²) in [4.78, 5) is 52.5. The van der Waals surface area contributed by atoms with Crippen molar-refractivity contribution in [1.29, 1.82) is 0 Å². The quantitative estimate of drug-likeness (QED) is 0.0330. The van der Waals surface area contributed by atoms with Crippen LogP contribution in [0.25, 0.3) is 49.2 Å². The van der Waals surface area contributed by atoms with Gasteiger partial charge in [-0.25, -0.2) is 0 Å². The van der Waals surface area contributed by atoms with E-state index in [9.17, 15) is 29.7 Å². The standard InChI is InChI=1S/C43H47NO11/c1-22-15-28-27(10-7-23-5-8-24(9-6-23)43(51)55-14-13-52-2)40(49)36-30(44-11-4-12-54-21-47)17-25(19-45)32-33-26(20-46)18-31(48)37-39(33)35(34(28)38(32)36)29(16-22)42(53-3)41(37)50/h15,17-18,21,23-24,44-46,50H,4-14,16,19-20H2,1-3H3. The number of fused-ring (bicyclic) bond motifs is 1. The summed E-state index contributed by atoms with van der Waals surface area (Å²) in [5.41, 5.74) is 3.61. The molecule has 0 spiro atoms. The van der Waals surface area contributed by atoms with Gasteiger partial charge in [0.15, 0.2) is 22.4 Å². The highest BCUT2D eigenvalue weighted by Gasteiger charge is 2.33. The highest BCUT2D eigenvalue weighted by atomic mass is 16.6. The predicted octanol–water partition coefficient (Wildman–Crippen LogP) is 5.46. The van der Waals surface area contributed by atoms with Crippen molar-refractivity contribution in [3.63, 3.8) is 0 Å². The molecule has 55 heavy (non-hydrogen) atoms. The first-order chi connectivity index (χ1) is 26.7. The number of aliphatic hydroxyl groups is 2. The predicted molar refractivity (Wildman–Crippen MR) is 211 cm³/mol. The largest absolute Gasteiger partial charge is 0.504 e. The topological polar surface area (TPSA) is 178 Å². The van der Waals surface area contributed by atoms with Crippen LogP contribution < -0.4 is 20.9 Å². The Labute approximate surface area is 317 Å². The number of esters is 1. The van der Waals surface area contributed by atoms with Crippen LogP contribution in [0.1, 0.15) is 73.3 Å². The van der Waals surface area contributed by atoms with Crippen LogP contribution in [0.3, 0.4) is 0 Å². The van der Waals surface area contributed by atoms with Gasteiger partial charge in [0.1, 0.15) is 6.61 Å². The van der Waals surface area contributed by atoms with Crippen LogP contribution in [0.4, 0.5) is 5.69 Å². The van der Waals surface area contributed by atoms with Crippen molar-refractivity contribution >= 4 is 67.3 Å². The van der Waals surface area contributed by atoms with E-state index in [-0.39, 0.29) is 53.3 Å². The lowest BCUT2D eigenvalue weighted by atomic mass is 9.78. The lowest BCUT2D eigenvalue weighted by Crippen LogP contribution is -2.25. The van der Waals surface area contributed by atoms with Gasteiger partial charge in [-0.15, -0.1) is 0 Å². The summed E-state index contributed by atoms with van der Waals surface area (Å²) in [6, 6.07) is 3.05. The molecule has 0 aromatic heterocycles. The Kier molecular flexibility index (Phi) is 11.1. The SMILES string of the molecule is COCCOC(=O)C1CCC(CCc2c3c4c5c(c(OC)c(O)c6c(=O)cc(CO)c(c7c(CO)cc(NCCCOC=O)c(c2=O)c74)c65)CC(C)=C3)CC1. The number of nitrogens with one attached hydrogen (secondary N) is 1. The minimum absolute atomic E-state index is 0.0543. The number of ether oxygens (including phenoxy) is 4. The second kappa shape index (κ2) is 16.0. The maximum Gasteiger partial charge on any atom is 0.309 e. The summed E-state index contributed by atoms with van der Waals surface area (Å²) in [5, 5.41) is 40.7. The number of carbonyl (C=O) groups is 2. The maximum atomic E-state index is 15.2. The highest BCUT2D eigenvalue weighted by molar-refractivity contribution is 6.38. The molecule has 0 radical (unpaired) electrons. The molecular formula is C43H47NO11. The molecule has 0 amide bonds. The van der Waals surface area contributed by atoms with Crippen LogP contribution >= 0.6 is 0 Å². The van der Waals surface area contributed by atoms with Crippen molar-refractivity contribution < 1.29 is 43.9 Å². The molecule has 1 saturated carbocycles. The van der Waals surface area contributed by atoms with Crippen LogP contribution in [-0.2, 0) is 49.9 Å². The molecule has 5 aromatic rings. The van der Waals surface area contributed by atoms with Crippen LogP contribution in [-0.4, -0.2) is 68.3 Å². The van der Waals surface area contributed by atoms with E-state index < -0.39 is 18.6 Å². The van der Waals surface area contributed by atoms with Crippen molar-refractivity contribution in [2.24, 2.45) is 11.8 Å². The lowest BCUT2D eigenvalue weighted by Gasteiger charge is -2.28. The summed E-state index contributed by atoms with van der Waals surface area (Å²) in [6.07, 6.45) is 7.11. The van der Waals surface area contributed by atoms with E-state index in [0.29, 0.717) is 112 Å². The number of anilines is 1. The number of hydrogen-bond acceptors (Lipinski definition) is 12. The number of phenolic OH excluding ortho intramolecular Hbond substituents is 1. The van der Waals surface area contributed by atoms with E-state index >= 15 is 4.79 Å². The Balaban J connectivity index is 1.48. The van der Waals surface area contributed by atoms with Gasteiger partial charge in [-0.1, -0.05) is 11.6 Å². The monoisotopic (exact) mass is 753 g/mol. The fourth-order valence-electron chi connectivity index (χ4n) is 9.17. The number of rotatable bonds is 16. The molecule has 0 saturated heterocycles. The number of aliphatic hydroxyl groups excluding tert-OH is 2. The Bertz CT molecular complexity index is 2430. The Morgan fingerprint density at radius 1 is 0.891 bits per heavy atom. The number of aromatic hydroxyl groups is 1. The second-order valence-corrected chi connectivity index (χ2v) is 14.8. The fraction of sp³-hybridized carbons (Fsp3) is 0.442. The third-order valence-corrected chi connectivity index (χ3v) is 11.6. The molecular weight excluding hydrogens is 706 g/mol. The van der Waals surface area contributed by atoms with Crippen LogP contribution in [0.5, 0.6) is 11.5 Å². The number of allylic oxidation sites excluding steroid dienone is 1. The molecule has 7 rings (SSSR count). The van der Waals surface area contributed by atoms with Crippen LogP contribution in [0.15, 0.2) is 27.3 Å². The molecule has 0 unspecified atom stereocenters. The van der Waals surface area contributed by atoms with Crippen LogP contribution in [0, 0.1) is 11.8 Å². The molecule has 2 aliphatic rings. The Hall–Kier alpha value is -5.04. The van der Waals surface area contributed by atoms with Gasteiger partial charge in [-0.05, 0) is 115 Å². The zero-order valence-electron chi connectivity index (χ0n) is 31.5. The van der Waals surface area contributed by atoms with Crippen molar-refractivity contribution in [2.45, 2.75) is 71.5 Å². The third-order valence-electron chi connectivity index (χ3n) is 11.6. The molecule has 0 aliphatic heterocycles. The van der Waals surface area contributed by atoms with Gasteiger partial charge in [0.25, 0.3) is 6.47 Å². The zero-order valence-corrected chi connectivity index (χ0v) is 31.5. The molecule has 12 heteroatoms. The van der Waals surface area contributed by atoms with Gasteiger partial charge < -0.3 is 39.6 Å². The average Bonchev–Trinajstić information content (AvgIpc) is 3.33. The zero-order chi connectivity index (χ0) is 39.0. The van der Waals surface area contributed by atoms with Gasteiger partial charge in [-0.2, -0.15) is 0 Å². The van der Waals surface area contributed by atoms with Crippen molar-refractivity contribution in [3.8, 4) is 11.5 Å². The molecule has 12 nitrogen and oxygen atoms in total. The molecule has 0 heterocycles. The normalized spacial score (nSPS) is 16.9. The minimum atomic E-state index is -0.486. The van der Waals surface area contributed by atoms with E-state index in [0.717, 1.165) is 35.8 Å². The smallest absolute Gasteiger partial charge is 0.309 e. The highest BCUT2D eigenvalue weighted by Crippen LogP contribution is 2.53. The third kappa shape index (κ3) is 6.59. The first kappa shape index (κ1) is 38.2. The fourth-order valence-corrected chi connectivity index (χ4v) is 9.17. The Morgan fingerprint density at radius 3 is 2.27 bits per heavy atom. The molecule has 290 valence electrons. The molecule has 0 atom stereocenters. The number of benzene rings is 5. The maximum absolute atomic E-state index is 15.2. The van der Waals surface area contributed by atoms with Crippen LogP contribution in [0.2, 0.25) is 0 Å². The molecule has 0 bridgehead atoms. The number of methoxy groups -OCH3 is 2. The molecule has 4 N–H and O–H groups in total. The Morgan fingerprint density at radius 2 is 1.60 bits per heavy atom. The lowest BCUT2D eigenvalue weighted by molar-refractivity contribution is -0.151. The van der Waals surface area contributed by atoms with Gasteiger partial charge in [-0.3, -0.25) is 19.2 Å². The van der Waals surface area contributed by atoms with E-state index in [4.69, 9.17) is 18.9 Å². The van der Waals surface area contributed by atoms with E-state index in [2.05, 4.69) is 5.32 Å². The number of phenols is 1. The van der Waals surface area contributed by atoms with Crippen molar-refractivity contribution in [2.75, 3.05) is 45.9 Å². The summed E-state index contributed by atoms with van der Waals surface area (Å²) in [5.74, 6) is -0.180. The molecule has 2 aliphatic carbocycles. The van der Waals surface area contributed by atoms with Gasteiger partial charge in [0.2, 0.25) is 0 Å². The molecule has 1 fully saturated rings. The van der Waals surface area contributed by atoms with E-state index in [1.807, 2.05) is 13.0 Å². The van der Waals surface area contributed by atoms with Crippen molar-refractivity contribution in [1.82, 2.24) is 0 Å². The number of carbonyl (C=O) groups excluding carboxylic acids is 2.